The number of rotatable bonds is 3. The van der Waals surface area contributed by atoms with Crippen molar-refractivity contribution in [3.05, 3.63) is 68.6 Å². The van der Waals surface area contributed by atoms with Crippen LogP contribution in [-0.2, 0) is 0 Å². The number of amides is 1. The number of hydrogen-bond donors (Lipinski definition) is 1. The third-order valence-electron chi connectivity index (χ3n) is 2.67. The fourth-order valence-corrected chi connectivity index (χ4v) is 2.24. The molecule has 0 spiro atoms. The van der Waals surface area contributed by atoms with Crippen molar-refractivity contribution >= 4 is 43.5 Å². The largest absolute Gasteiger partial charge is 0.271 e. The lowest BCUT2D eigenvalue weighted by Gasteiger charge is -2.03. The Bertz CT molecular complexity index is 651. The minimum absolute atomic E-state index is 0.230. The molecule has 0 aromatic heterocycles. The second-order valence-electron chi connectivity index (χ2n) is 4.16. The van der Waals surface area contributed by atoms with Gasteiger partial charge in [0.15, 0.2) is 0 Å². The number of carbonyl (C=O) groups excluding carboxylic acids is 1. The minimum Gasteiger partial charge on any atom is -0.267 e. The van der Waals surface area contributed by atoms with Crippen LogP contribution in [-0.4, -0.2) is 11.6 Å². The number of halogens is 2. The maximum absolute atomic E-state index is 11.9. The standard InChI is InChI=1S/C15H12Br2N2O/c1-10(12-3-2-4-14(17)9-12)18-19-15(20)11-5-7-13(16)8-6-11/h2-9H,1H3,(H,19,20)/b18-10+. The van der Waals surface area contributed by atoms with E-state index in [1.165, 1.54) is 0 Å². The van der Waals surface area contributed by atoms with Crippen LogP contribution >= 0.6 is 31.9 Å². The second-order valence-corrected chi connectivity index (χ2v) is 5.99. The van der Waals surface area contributed by atoms with E-state index < -0.39 is 0 Å². The summed E-state index contributed by atoms with van der Waals surface area (Å²) >= 11 is 6.74. The van der Waals surface area contributed by atoms with Crippen LogP contribution in [0.5, 0.6) is 0 Å². The maximum Gasteiger partial charge on any atom is 0.271 e. The molecule has 3 nitrogen and oxygen atoms in total. The van der Waals surface area contributed by atoms with Gasteiger partial charge >= 0.3 is 0 Å². The number of benzene rings is 2. The molecular weight excluding hydrogens is 384 g/mol. The molecule has 0 aliphatic rings. The van der Waals surface area contributed by atoms with E-state index in [0.29, 0.717) is 5.56 Å². The molecule has 0 heterocycles. The molecule has 2 aromatic rings. The van der Waals surface area contributed by atoms with E-state index in [1.54, 1.807) is 12.1 Å². The van der Waals surface area contributed by atoms with Crippen LogP contribution in [0.4, 0.5) is 0 Å². The van der Waals surface area contributed by atoms with E-state index in [2.05, 4.69) is 42.4 Å². The highest BCUT2D eigenvalue weighted by Gasteiger charge is 2.04. The molecule has 1 amide bonds. The van der Waals surface area contributed by atoms with Gasteiger partial charge in [0, 0.05) is 14.5 Å². The molecule has 1 N–H and O–H groups in total. The van der Waals surface area contributed by atoms with Crippen LogP contribution in [0.1, 0.15) is 22.8 Å². The molecular formula is C15H12Br2N2O. The van der Waals surface area contributed by atoms with Crippen molar-refractivity contribution < 1.29 is 4.79 Å². The van der Waals surface area contributed by atoms with E-state index in [9.17, 15) is 4.79 Å². The predicted molar refractivity (Wildman–Crippen MR) is 88.0 cm³/mol. The van der Waals surface area contributed by atoms with Gasteiger partial charge in [0.05, 0.1) is 5.71 Å². The highest BCUT2D eigenvalue weighted by atomic mass is 79.9. The SMILES string of the molecule is C/C(=N\NC(=O)c1ccc(Br)cc1)c1cccc(Br)c1. The van der Waals surface area contributed by atoms with Crippen molar-refractivity contribution in [2.45, 2.75) is 6.92 Å². The van der Waals surface area contributed by atoms with Gasteiger partial charge in [-0.25, -0.2) is 5.43 Å². The highest BCUT2D eigenvalue weighted by Crippen LogP contribution is 2.13. The van der Waals surface area contributed by atoms with Crippen LogP contribution < -0.4 is 5.43 Å². The van der Waals surface area contributed by atoms with Crippen LogP contribution in [0.25, 0.3) is 0 Å². The van der Waals surface area contributed by atoms with Crippen LogP contribution in [0.3, 0.4) is 0 Å². The van der Waals surface area contributed by atoms with E-state index in [4.69, 9.17) is 0 Å². The topological polar surface area (TPSA) is 41.5 Å². The number of hydrogen-bond acceptors (Lipinski definition) is 2. The lowest BCUT2D eigenvalue weighted by molar-refractivity contribution is 0.0955. The van der Waals surface area contributed by atoms with Crippen molar-refractivity contribution in [3.63, 3.8) is 0 Å². The summed E-state index contributed by atoms with van der Waals surface area (Å²) in [5.41, 5.74) is 4.82. The Kier molecular flexibility index (Phi) is 5.09. The lowest BCUT2D eigenvalue weighted by atomic mass is 10.1. The molecule has 20 heavy (non-hydrogen) atoms. The average Bonchev–Trinajstić information content (AvgIpc) is 2.45. The summed E-state index contributed by atoms with van der Waals surface area (Å²) in [7, 11) is 0. The fraction of sp³-hybridized carbons (Fsp3) is 0.0667. The van der Waals surface area contributed by atoms with Gasteiger partial charge in [0.2, 0.25) is 0 Å². The number of nitrogens with one attached hydrogen (secondary N) is 1. The van der Waals surface area contributed by atoms with Gasteiger partial charge in [0.25, 0.3) is 5.91 Å². The summed E-state index contributed by atoms with van der Waals surface area (Å²) in [6.45, 7) is 1.85. The zero-order valence-corrected chi connectivity index (χ0v) is 13.9. The Morgan fingerprint density at radius 1 is 1.00 bits per heavy atom. The molecule has 102 valence electrons. The van der Waals surface area contributed by atoms with E-state index in [0.717, 1.165) is 20.2 Å². The summed E-state index contributed by atoms with van der Waals surface area (Å²) in [6.07, 6.45) is 0. The van der Waals surface area contributed by atoms with Crippen LogP contribution in [0.15, 0.2) is 62.6 Å². The smallest absolute Gasteiger partial charge is 0.267 e. The van der Waals surface area contributed by atoms with Crippen molar-refractivity contribution in [2.24, 2.45) is 5.10 Å². The first kappa shape index (κ1) is 14.9. The van der Waals surface area contributed by atoms with Gasteiger partial charge in [-0.3, -0.25) is 4.79 Å². The first-order valence-corrected chi connectivity index (χ1v) is 7.51. The van der Waals surface area contributed by atoms with Gasteiger partial charge < -0.3 is 0 Å². The summed E-state index contributed by atoms with van der Waals surface area (Å²) in [4.78, 5) is 11.9. The molecule has 2 aromatic carbocycles. The van der Waals surface area contributed by atoms with Crippen LogP contribution in [0.2, 0.25) is 0 Å². The molecule has 0 aliphatic carbocycles. The van der Waals surface area contributed by atoms with Crippen molar-refractivity contribution in [2.75, 3.05) is 0 Å². The third-order valence-corrected chi connectivity index (χ3v) is 3.70. The maximum atomic E-state index is 11.9. The van der Waals surface area contributed by atoms with E-state index in [1.807, 2.05) is 43.3 Å². The first-order chi connectivity index (χ1) is 9.56. The summed E-state index contributed by atoms with van der Waals surface area (Å²) in [5.74, 6) is -0.230. The summed E-state index contributed by atoms with van der Waals surface area (Å²) < 4.78 is 1.91. The first-order valence-electron chi connectivity index (χ1n) is 5.92. The molecule has 5 heteroatoms. The van der Waals surface area contributed by atoms with Crippen molar-refractivity contribution in [3.8, 4) is 0 Å². The molecule has 0 atom stereocenters. The van der Waals surface area contributed by atoms with Gasteiger partial charge in [0.1, 0.15) is 0 Å². The monoisotopic (exact) mass is 394 g/mol. The molecule has 0 saturated carbocycles. The summed E-state index contributed by atoms with van der Waals surface area (Å²) in [6, 6.07) is 14.9. The molecule has 0 fully saturated rings. The molecule has 0 saturated heterocycles. The molecule has 2 rings (SSSR count). The van der Waals surface area contributed by atoms with Crippen molar-refractivity contribution in [1.29, 1.82) is 0 Å². The van der Waals surface area contributed by atoms with E-state index >= 15 is 0 Å². The molecule has 0 radical (unpaired) electrons. The molecule has 0 unspecified atom stereocenters. The third kappa shape index (κ3) is 4.02. The van der Waals surface area contributed by atoms with Gasteiger partial charge in [-0.2, -0.15) is 5.10 Å². The molecule has 0 bridgehead atoms. The fourth-order valence-electron chi connectivity index (χ4n) is 1.58. The number of hydrazone groups is 1. The zero-order chi connectivity index (χ0) is 14.5. The quantitative estimate of drug-likeness (QED) is 0.608. The Hall–Kier alpha value is -1.46. The lowest BCUT2D eigenvalue weighted by Crippen LogP contribution is -2.19. The molecule has 0 aliphatic heterocycles. The number of carbonyl (C=O) groups is 1. The summed E-state index contributed by atoms with van der Waals surface area (Å²) in [5, 5.41) is 4.12. The van der Waals surface area contributed by atoms with Gasteiger partial charge in [-0.1, -0.05) is 44.0 Å². The second kappa shape index (κ2) is 6.81. The average molecular weight is 396 g/mol. The minimum atomic E-state index is -0.230. The van der Waals surface area contributed by atoms with Gasteiger partial charge in [-0.15, -0.1) is 0 Å². The Morgan fingerprint density at radius 3 is 2.35 bits per heavy atom. The Balaban J connectivity index is 2.08. The number of nitrogens with zero attached hydrogens (tertiary/aromatic N) is 1. The van der Waals surface area contributed by atoms with E-state index in [-0.39, 0.29) is 5.91 Å². The normalized spacial score (nSPS) is 11.2. The van der Waals surface area contributed by atoms with Gasteiger partial charge in [-0.05, 0) is 48.9 Å². The van der Waals surface area contributed by atoms with Crippen LogP contribution in [0, 0.1) is 0 Å². The zero-order valence-electron chi connectivity index (χ0n) is 10.7. The Labute approximate surface area is 134 Å². The van der Waals surface area contributed by atoms with Crippen molar-refractivity contribution in [1.82, 2.24) is 5.43 Å². The Morgan fingerprint density at radius 2 is 1.70 bits per heavy atom. The predicted octanol–water partition coefficient (Wildman–Crippen LogP) is 4.37. The highest BCUT2D eigenvalue weighted by molar-refractivity contribution is 9.10.